The van der Waals surface area contributed by atoms with Gasteiger partial charge in [0.1, 0.15) is 0 Å². The van der Waals surface area contributed by atoms with E-state index in [4.69, 9.17) is 5.11 Å². The lowest BCUT2D eigenvalue weighted by Gasteiger charge is -1.73. The lowest BCUT2D eigenvalue weighted by atomic mass is 10.3. The van der Waals surface area contributed by atoms with Crippen molar-refractivity contribution in [1.82, 2.24) is 0 Å². The van der Waals surface area contributed by atoms with E-state index in [-0.39, 0.29) is 0 Å². The monoisotopic (exact) mass is 115 g/mol. The van der Waals surface area contributed by atoms with Gasteiger partial charge in [-0.15, -0.1) is 0 Å². The van der Waals surface area contributed by atoms with Gasteiger partial charge in [-0.2, -0.15) is 0 Å². The predicted molar refractivity (Wildman–Crippen MR) is 22.0 cm³/mol. The molecule has 1 aliphatic rings. The van der Waals surface area contributed by atoms with Crippen LogP contribution in [0, 0.1) is 0 Å². The number of epoxide rings is 1. The largest absolute Gasteiger partial charge is 0.479 e. The minimum Gasteiger partial charge on any atom is -0.479 e. The van der Waals surface area contributed by atoms with Gasteiger partial charge in [0.25, 0.3) is 0 Å². The third kappa shape index (κ3) is 0.696. The second-order valence-corrected chi connectivity index (χ2v) is 1.43. The Kier molecular flexibility index (Phi) is 1.02. The molecule has 0 bridgehead atoms. The van der Waals surface area contributed by atoms with E-state index < -0.39 is 18.2 Å². The Labute approximate surface area is 45.1 Å². The molecule has 0 aromatic rings. The van der Waals surface area contributed by atoms with Gasteiger partial charge in [0.2, 0.25) is 6.29 Å². The van der Waals surface area contributed by atoms with Crippen LogP contribution in [0.1, 0.15) is 0 Å². The van der Waals surface area contributed by atoms with E-state index in [1.165, 1.54) is 6.29 Å². The molecular weight excluding hydrogens is 112 g/mol. The van der Waals surface area contributed by atoms with Crippen molar-refractivity contribution in [1.29, 1.82) is 0 Å². The van der Waals surface area contributed by atoms with Crippen molar-refractivity contribution in [3.05, 3.63) is 0 Å². The number of carbonyl (C=O) groups excluding carboxylic acids is 1. The van der Waals surface area contributed by atoms with Gasteiger partial charge in [-0.05, 0) is 0 Å². The van der Waals surface area contributed by atoms with Crippen LogP contribution in [0.25, 0.3) is 0 Å². The minimum atomic E-state index is -1.10. The molecule has 4 nitrogen and oxygen atoms in total. The molecule has 2 atom stereocenters. The van der Waals surface area contributed by atoms with Gasteiger partial charge in [-0.25, -0.2) is 4.79 Å². The maximum absolute atomic E-state index is 9.83. The fourth-order valence-corrected chi connectivity index (χ4v) is 0.390. The van der Waals surface area contributed by atoms with E-state index in [0.29, 0.717) is 0 Å². The molecule has 1 heterocycles. The molecule has 0 spiro atoms. The zero-order valence-corrected chi connectivity index (χ0v) is 3.83. The summed E-state index contributed by atoms with van der Waals surface area (Å²) in [5.41, 5.74) is 0. The van der Waals surface area contributed by atoms with E-state index in [2.05, 4.69) is 4.74 Å². The number of carboxylic acid groups (broad SMARTS) is 1. The summed E-state index contributed by atoms with van der Waals surface area (Å²) in [6, 6.07) is 0. The average molecular weight is 115 g/mol. The number of aliphatic carboxylic acids is 1. The van der Waals surface area contributed by atoms with Crippen molar-refractivity contribution in [2.45, 2.75) is 12.2 Å². The summed E-state index contributed by atoms with van der Waals surface area (Å²) in [6.45, 7) is 0. The predicted octanol–water partition coefficient (Wildman–Crippen LogP) is -1.05. The van der Waals surface area contributed by atoms with Crippen LogP contribution in [-0.4, -0.2) is 29.6 Å². The Morgan fingerprint density at radius 3 is 2.50 bits per heavy atom. The zero-order chi connectivity index (χ0) is 6.15. The zero-order valence-electron chi connectivity index (χ0n) is 3.83. The molecule has 1 saturated heterocycles. The minimum absolute atomic E-state index is 0.813. The van der Waals surface area contributed by atoms with Crippen LogP contribution in [0.4, 0.5) is 0 Å². The molecule has 0 unspecified atom stereocenters. The number of carbonyl (C=O) groups is 1. The smallest absolute Gasteiger partial charge is 0.336 e. The molecular formula is C4H3O4. The van der Waals surface area contributed by atoms with Gasteiger partial charge >= 0.3 is 5.97 Å². The third-order valence-corrected chi connectivity index (χ3v) is 0.851. The van der Waals surface area contributed by atoms with E-state index in [9.17, 15) is 9.59 Å². The summed E-state index contributed by atoms with van der Waals surface area (Å²) in [6.07, 6.45) is -0.319. The molecule has 4 heteroatoms. The summed E-state index contributed by atoms with van der Waals surface area (Å²) < 4.78 is 4.30. The highest BCUT2D eigenvalue weighted by molar-refractivity contribution is 5.82. The van der Waals surface area contributed by atoms with Crippen molar-refractivity contribution in [3.63, 3.8) is 0 Å². The maximum atomic E-state index is 9.83. The summed E-state index contributed by atoms with van der Waals surface area (Å²) in [4.78, 5) is 19.4. The van der Waals surface area contributed by atoms with Crippen LogP contribution in [0.3, 0.4) is 0 Å². The molecule has 0 aromatic carbocycles. The second kappa shape index (κ2) is 1.56. The summed E-state index contributed by atoms with van der Waals surface area (Å²) >= 11 is 0. The van der Waals surface area contributed by atoms with Crippen LogP contribution in [0.2, 0.25) is 0 Å². The van der Waals surface area contributed by atoms with Gasteiger partial charge < -0.3 is 9.84 Å². The van der Waals surface area contributed by atoms with Crippen molar-refractivity contribution >= 4 is 12.3 Å². The van der Waals surface area contributed by atoms with Crippen molar-refractivity contribution in [2.24, 2.45) is 0 Å². The topological polar surface area (TPSA) is 66.9 Å². The lowest BCUT2D eigenvalue weighted by molar-refractivity contribution is -0.138. The molecule has 1 radical (unpaired) electrons. The second-order valence-electron chi connectivity index (χ2n) is 1.43. The first kappa shape index (κ1) is 5.24. The molecule has 8 heavy (non-hydrogen) atoms. The van der Waals surface area contributed by atoms with Gasteiger partial charge in [0.05, 0.1) is 0 Å². The van der Waals surface area contributed by atoms with Crippen molar-refractivity contribution in [3.8, 4) is 0 Å². The van der Waals surface area contributed by atoms with E-state index in [0.717, 1.165) is 0 Å². The van der Waals surface area contributed by atoms with Gasteiger partial charge in [0, 0.05) is 0 Å². The summed E-state index contributed by atoms with van der Waals surface area (Å²) in [7, 11) is 0. The molecule has 1 aliphatic heterocycles. The number of hydrogen-bond donors (Lipinski definition) is 1. The van der Waals surface area contributed by atoms with Crippen LogP contribution in [0.15, 0.2) is 0 Å². The highest BCUT2D eigenvalue weighted by Gasteiger charge is 2.45. The van der Waals surface area contributed by atoms with E-state index >= 15 is 0 Å². The van der Waals surface area contributed by atoms with Crippen LogP contribution < -0.4 is 0 Å². The van der Waals surface area contributed by atoms with Crippen LogP contribution in [0.5, 0.6) is 0 Å². The SMILES string of the molecule is O=[C][C@@H]1O[C@H]1C(=O)O. The number of carboxylic acids is 1. The van der Waals surface area contributed by atoms with Crippen molar-refractivity contribution in [2.75, 3.05) is 0 Å². The highest BCUT2D eigenvalue weighted by Crippen LogP contribution is 2.18. The highest BCUT2D eigenvalue weighted by atomic mass is 16.6. The Hall–Kier alpha value is -0.900. The number of rotatable bonds is 2. The van der Waals surface area contributed by atoms with Gasteiger partial charge in [0.15, 0.2) is 12.2 Å². The first-order valence-corrected chi connectivity index (χ1v) is 2.01. The standard InChI is InChI=1S/C4H3O4/c5-1-2-3(8-2)4(6)7/h2-3H,(H,6,7)/t2-,3+/m0/s1. The first-order chi connectivity index (χ1) is 3.75. The molecule has 0 aromatic heterocycles. The fraction of sp³-hybridized carbons (Fsp3) is 0.500. The Balaban J connectivity index is 2.36. The molecule has 1 N–H and O–H groups in total. The quantitative estimate of drug-likeness (QED) is 0.466. The van der Waals surface area contributed by atoms with E-state index in [1.807, 2.05) is 0 Å². The lowest BCUT2D eigenvalue weighted by Crippen LogP contribution is -2.07. The Morgan fingerprint density at radius 1 is 1.75 bits per heavy atom. The summed E-state index contributed by atoms with van der Waals surface area (Å²) in [5.74, 6) is -1.10. The molecule has 0 saturated carbocycles. The Bertz CT molecular complexity index is 130. The number of hydrogen-bond acceptors (Lipinski definition) is 3. The maximum Gasteiger partial charge on any atom is 0.336 e. The van der Waals surface area contributed by atoms with Gasteiger partial charge in [-0.3, -0.25) is 4.79 Å². The molecule has 1 rings (SSSR count). The van der Waals surface area contributed by atoms with Crippen LogP contribution >= 0.6 is 0 Å². The Morgan fingerprint density at radius 2 is 2.38 bits per heavy atom. The fourth-order valence-electron chi connectivity index (χ4n) is 0.390. The molecule has 43 valence electrons. The number of ether oxygens (including phenoxy) is 1. The normalized spacial score (nSPS) is 34.0. The molecule has 1 fully saturated rings. The van der Waals surface area contributed by atoms with Gasteiger partial charge in [-0.1, -0.05) is 0 Å². The van der Waals surface area contributed by atoms with E-state index in [1.54, 1.807) is 0 Å². The van der Waals surface area contributed by atoms with Crippen molar-refractivity contribution < 1.29 is 19.4 Å². The first-order valence-electron chi connectivity index (χ1n) is 2.01. The van der Waals surface area contributed by atoms with Crippen LogP contribution in [-0.2, 0) is 14.3 Å². The summed E-state index contributed by atoms with van der Waals surface area (Å²) in [5, 5.41) is 8.05. The molecule has 0 aliphatic carbocycles. The molecule has 0 amide bonds. The third-order valence-electron chi connectivity index (χ3n) is 0.851. The average Bonchev–Trinajstić information content (AvgIpc) is 2.42.